The topological polar surface area (TPSA) is 64.6 Å². The van der Waals surface area contributed by atoms with Crippen molar-refractivity contribution in [2.75, 3.05) is 11.9 Å². The van der Waals surface area contributed by atoms with Gasteiger partial charge in [-0.2, -0.15) is 0 Å². The summed E-state index contributed by atoms with van der Waals surface area (Å²) in [6, 6.07) is 10.9. The van der Waals surface area contributed by atoms with Gasteiger partial charge in [0.1, 0.15) is 18.2 Å². The van der Waals surface area contributed by atoms with Crippen LogP contribution in [0.25, 0.3) is 6.08 Å². The monoisotopic (exact) mass is 375 g/mol. The Kier molecular flexibility index (Phi) is 5.23. The molecule has 1 N–H and O–H groups in total. The average molecular weight is 376 g/mol. The van der Waals surface area contributed by atoms with Crippen molar-refractivity contribution in [1.82, 2.24) is 0 Å². The van der Waals surface area contributed by atoms with Gasteiger partial charge in [-0.25, -0.2) is 9.18 Å². The van der Waals surface area contributed by atoms with Crippen LogP contribution in [0.2, 0.25) is 5.02 Å². The Hall–Kier alpha value is -2.86. The number of halogens is 2. The third kappa shape index (κ3) is 4.03. The van der Waals surface area contributed by atoms with Crippen LogP contribution in [0.3, 0.4) is 0 Å². The van der Waals surface area contributed by atoms with Gasteiger partial charge in [0.15, 0.2) is 6.10 Å². The van der Waals surface area contributed by atoms with E-state index < -0.39 is 23.8 Å². The summed E-state index contributed by atoms with van der Waals surface area (Å²) < 4.78 is 23.7. The lowest BCUT2D eigenvalue weighted by molar-refractivity contribution is -0.149. The quantitative estimate of drug-likeness (QED) is 0.825. The highest BCUT2D eigenvalue weighted by molar-refractivity contribution is 6.33. The maximum absolute atomic E-state index is 13.0. The summed E-state index contributed by atoms with van der Waals surface area (Å²) in [6.45, 7) is 1.50. The Labute approximate surface area is 154 Å². The molecule has 0 saturated carbocycles. The highest BCUT2D eigenvalue weighted by Gasteiger charge is 2.23. The number of anilines is 1. The fourth-order valence-electron chi connectivity index (χ4n) is 2.35. The zero-order chi connectivity index (χ0) is 18.7. The molecular formula is C19H15ClFNO4. The molecule has 1 aliphatic rings. The molecule has 5 nitrogen and oxygen atoms in total. The number of hydrogen-bond acceptors (Lipinski definition) is 4. The van der Waals surface area contributed by atoms with Gasteiger partial charge in [0.05, 0.1) is 16.3 Å². The number of para-hydroxylation sites is 1. The van der Waals surface area contributed by atoms with Crippen LogP contribution in [0, 0.1) is 5.82 Å². The van der Waals surface area contributed by atoms with Gasteiger partial charge < -0.3 is 14.8 Å². The van der Waals surface area contributed by atoms with Gasteiger partial charge in [-0.05, 0) is 37.3 Å². The standard InChI is InChI=1S/C19H15ClFNO4/c1-11(18(23)22-16-7-6-14(21)9-15(16)20)26-19(24)13-8-12-4-2-3-5-17(12)25-10-13/h2-9,11H,10H2,1H3,(H,22,23). The molecule has 2 aromatic rings. The molecule has 1 heterocycles. The second-order valence-corrected chi connectivity index (χ2v) is 6.06. The van der Waals surface area contributed by atoms with E-state index in [9.17, 15) is 14.0 Å². The SMILES string of the molecule is CC(OC(=O)C1=Cc2ccccc2OC1)C(=O)Nc1ccc(F)cc1Cl. The first kappa shape index (κ1) is 17.9. The first-order valence-corrected chi connectivity index (χ1v) is 8.21. The highest BCUT2D eigenvalue weighted by Crippen LogP contribution is 2.26. The number of amides is 1. The molecule has 3 rings (SSSR count). The Balaban J connectivity index is 1.64. The minimum Gasteiger partial charge on any atom is -0.488 e. The molecule has 1 atom stereocenters. The predicted octanol–water partition coefficient (Wildman–Crippen LogP) is 3.83. The first-order chi connectivity index (χ1) is 12.4. The molecule has 1 amide bonds. The number of carbonyl (C=O) groups excluding carboxylic acids is 2. The second-order valence-electron chi connectivity index (χ2n) is 5.66. The molecule has 26 heavy (non-hydrogen) atoms. The molecule has 7 heteroatoms. The van der Waals surface area contributed by atoms with Gasteiger partial charge in [0.2, 0.25) is 0 Å². The molecular weight excluding hydrogens is 361 g/mol. The van der Waals surface area contributed by atoms with E-state index in [1.807, 2.05) is 18.2 Å². The summed E-state index contributed by atoms with van der Waals surface area (Å²) in [5.74, 6) is -1.06. The molecule has 0 aliphatic carbocycles. The average Bonchev–Trinajstić information content (AvgIpc) is 2.63. The van der Waals surface area contributed by atoms with Gasteiger partial charge >= 0.3 is 5.97 Å². The molecule has 0 aromatic heterocycles. The predicted molar refractivity (Wildman–Crippen MR) is 95.5 cm³/mol. The largest absolute Gasteiger partial charge is 0.488 e. The number of hydrogen-bond donors (Lipinski definition) is 1. The van der Waals surface area contributed by atoms with Gasteiger partial charge in [-0.1, -0.05) is 29.8 Å². The molecule has 2 aromatic carbocycles. The van der Waals surface area contributed by atoms with Crippen molar-refractivity contribution in [2.24, 2.45) is 0 Å². The number of nitrogens with one attached hydrogen (secondary N) is 1. The van der Waals surface area contributed by atoms with Gasteiger partial charge in [0.25, 0.3) is 5.91 Å². The van der Waals surface area contributed by atoms with Crippen molar-refractivity contribution < 1.29 is 23.5 Å². The third-order valence-electron chi connectivity index (χ3n) is 3.74. The number of benzene rings is 2. The summed E-state index contributed by atoms with van der Waals surface area (Å²) in [6.07, 6.45) is 0.601. The zero-order valence-corrected chi connectivity index (χ0v) is 14.5. The highest BCUT2D eigenvalue weighted by atomic mass is 35.5. The summed E-state index contributed by atoms with van der Waals surface area (Å²) in [4.78, 5) is 24.4. The van der Waals surface area contributed by atoms with E-state index >= 15 is 0 Å². The number of ether oxygens (including phenoxy) is 2. The van der Waals surface area contributed by atoms with E-state index in [1.54, 1.807) is 12.1 Å². The van der Waals surface area contributed by atoms with E-state index in [4.69, 9.17) is 21.1 Å². The molecule has 0 radical (unpaired) electrons. The smallest absolute Gasteiger partial charge is 0.338 e. The Morgan fingerprint density at radius 2 is 2.04 bits per heavy atom. The summed E-state index contributed by atoms with van der Waals surface area (Å²) in [5, 5.41) is 2.55. The van der Waals surface area contributed by atoms with E-state index in [1.165, 1.54) is 19.1 Å². The maximum atomic E-state index is 13.0. The van der Waals surface area contributed by atoms with Crippen LogP contribution < -0.4 is 10.1 Å². The fourth-order valence-corrected chi connectivity index (χ4v) is 2.56. The third-order valence-corrected chi connectivity index (χ3v) is 4.05. The van der Waals surface area contributed by atoms with Crippen LogP contribution in [0.4, 0.5) is 10.1 Å². The second kappa shape index (κ2) is 7.58. The van der Waals surface area contributed by atoms with Crippen molar-refractivity contribution in [2.45, 2.75) is 13.0 Å². The van der Waals surface area contributed by atoms with Crippen molar-refractivity contribution in [3.8, 4) is 5.75 Å². The van der Waals surface area contributed by atoms with Gasteiger partial charge in [-0.15, -0.1) is 0 Å². The van der Waals surface area contributed by atoms with Crippen LogP contribution >= 0.6 is 11.6 Å². The fraction of sp³-hybridized carbons (Fsp3) is 0.158. The zero-order valence-electron chi connectivity index (χ0n) is 13.8. The van der Waals surface area contributed by atoms with E-state index in [-0.39, 0.29) is 17.3 Å². The van der Waals surface area contributed by atoms with E-state index in [0.717, 1.165) is 11.6 Å². The van der Waals surface area contributed by atoms with Crippen molar-refractivity contribution in [1.29, 1.82) is 0 Å². The van der Waals surface area contributed by atoms with Crippen LogP contribution in [-0.2, 0) is 14.3 Å². The van der Waals surface area contributed by atoms with E-state index in [2.05, 4.69) is 5.32 Å². The number of fused-ring (bicyclic) bond motifs is 1. The first-order valence-electron chi connectivity index (χ1n) is 7.83. The lowest BCUT2D eigenvalue weighted by Crippen LogP contribution is -2.31. The maximum Gasteiger partial charge on any atom is 0.338 e. The van der Waals surface area contributed by atoms with Crippen LogP contribution in [0.15, 0.2) is 48.0 Å². The number of carbonyl (C=O) groups is 2. The van der Waals surface area contributed by atoms with Crippen molar-refractivity contribution in [3.63, 3.8) is 0 Å². The molecule has 0 spiro atoms. The van der Waals surface area contributed by atoms with E-state index in [0.29, 0.717) is 11.3 Å². The minimum atomic E-state index is -1.07. The summed E-state index contributed by atoms with van der Waals surface area (Å²) in [5.41, 5.74) is 1.30. The normalized spacial score (nSPS) is 13.7. The molecule has 0 bridgehead atoms. The lowest BCUT2D eigenvalue weighted by atomic mass is 10.1. The number of rotatable bonds is 4. The Morgan fingerprint density at radius 3 is 2.81 bits per heavy atom. The Morgan fingerprint density at radius 1 is 1.27 bits per heavy atom. The van der Waals surface area contributed by atoms with Gasteiger partial charge in [-0.3, -0.25) is 4.79 Å². The molecule has 1 unspecified atom stereocenters. The molecule has 1 aliphatic heterocycles. The Bertz CT molecular complexity index is 897. The molecule has 134 valence electrons. The molecule has 0 saturated heterocycles. The number of esters is 1. The molecule has 0 fully saturated rings. The van der Waals surface area contributed by atoms with Crippen LogP contribution in [-0.4, -0.2) is 24.6 Å². The summed E-state index contributed by atoms with van der Waals surface area (Å²) >= 11 is 5.87. The van der Waals surface area contributed by atoms with Crippen LogP contribution in [0.5, 0.6) is 5.75 Å². The lowest BCUT2D eigenvalue weighted by Gasteiger charge is -2.19. The summed E-state index contributed by atoms with van der Waals surface area (Å²) in [7, 11) is 0. The van der Waals surface area contributed by atoms with Crippen LogP contribution in [0.1, 0.15) is 12.5 Å². The van der Waals surface area contributed by atoms with Crippen molar-refractivity contribution >= 4 is 35.2 Å². The minimum absolute atomic E-state index is 0.0527. The van der Waals surface area contributed by atoms with Crippen molar-refractivity contribution in [3.05, 3.63) is 64.4 Å². The van der Waals surface area contributed by atoms with Gasteiger partial charge in [0, 0.05) is 5.56 Å².